The van der Waals surface area contributed by atoms with E-state index in [9.17, 15) is 14.4 Å². The minimum atomic E-state index is -1.18. The number of hydrogen-bond donors (Lipinski definition) is 3. The first kappa shape index (κ1) is 23.2. The second-order valence-electron chi connectivity index (χ2n) is 7.92. The summed E-state index contributed by atoms with van der Waals surface area (Å²) in [6.07, 6.45) is 1.46. The average Bonchev–Trinajstić information content (AvgIpc) is 2.68. The van der Waals surface area contributed by atoms with Crippen LogP contribution in [-0.2, 0) is 15.0 Å². The lowest BCUT2D eigenvalue weighted by Crippen LogP contribution is -2.42. The number of hydrogen-bond acceptors (Lipinski definition) is 3. The normalized spacial score (nSPS) is 12.8. The van der Waals surface area contributed by atoms with Crippen LogP contribution in [-0.4, -0.2) is 28.9 Å². The summed E-state index contributed by atoms with van der Waals surface area (Å²) >= 11 is 5.89. The molecular formula is C23H25ClN2O4. The SMILES string of the molecule is CC(NC(=O)C(=Cc1ccc(Cl)cc1)NC(=O)c1ccc(C(C)(C)C)cc1)C(=O)O. The van der Waals surface area contributed by atoms with Gasteiger partial charge in [0.05, 0.1) is 0 Å². The Balaban J connectivity index is 2.29. The van der Waals surface area contributed by atoms with E-state index in [-0.39, 0.29) is 11.1 Å². The summed E-state index contributed by atoms with van der Waals surface area (Å²) in [5.41, 5.74) is 1.95. The smallest absolute Gasteiger partial charge is 0.325 e. The first-order valence-corrected chi connectivity index (χ1v) is 9.78. The predicted octanol–water partition coefficient (Wildman–Crippen LogP) is 4.00. The minimum Gasteiger partial charge on any atom is -0.480 e. The van der Waals surface area contributed by atoms with E-state index in [1.807, 2.05) is 12.1 Å². The van der Waals surface area contributed by atoms with E-state index in [0.717, 1.165) is 5.56 Å². The number of amides is 2. The van der Waals surface area contributed by atoms with Crippen molar-refractivity contribution in [3.8, 4) is 0 Å². The van der Waals surface area contributed by atoms with Crippen LogP contribution < -0.4 is 10.6 Å². The maximum Gasteiger partial charge on any atom is 0.325 e. The molecule has 1 unspecified atom stereocenters. The number of halogens is 1. The average molecular weight is 429 g/mol. The third kappa shape index (κ3) is 6.46. The van der Waals surface area contributed by atoms with Crippen molar-refractivity contribution < 1.29 is 19.5 Å². The number of carbonyl (C=O) groups is 3. The molecule has 3 N–H and O–H groups in total. The lowest BCUT2D eigenvalue weighted by Gasteiger charge is -2.19. The largest absolute Gasteiger partial charge is 0.480 e. The van der Waals surface area contributed by atoms with Crippen molar-refractivity contribution in [2.24, 2.45) is 0 Å². The summed E-state index contributed by atoms with van der Waals surface area (Å²) in [5, 5.41) is 14.5. The molecule has 0 aliphatic heterocycles. The maximum absolute atomic E-state index is 12.7. The molecule has 2 aromatic carbocycles. The molecule has 0 aliphatic carbocycles. The Labute approximate surface area is 180 Å². The molecule has 0 saturated heterocycles. The van der Waals surface area contributed by atoms with Crippen LogP contribution >= 0.6 is 11.6 Å². The molecule has 6 nitrogen and oxygen atoms in total. The Hall–Kier alpha value is -3.12. The van der Waals surface area contributed by atoms with Gasteiger partial charge in [0.15, 0.2) is 0 Å². The molecule has 0 spiro atoms. The molecular weight excluding hydrogens is 404 g/mol. The van der Waals surface area contributed by atoms with E-state index in [4.69, 9.17) is 16.7 Å². The Kier molecular flexibility index (Phi) is 7.40. The van der Waals surface area contributed by atoms with Crippen LogP contribution in [0.4, 0.5) is 0 Å². The molecule has 0 fully saturated rings. The third-order valence-corrected chi connectivity index (χ3v) is 4.66. The van der Waals surface area contributed by atoms with Crippen LogP contribution in [0.25, 0.3) is 6.08 Å². The number of carboxylic acids is 1. The zero-order valence-electron chi connectivity index (χ0n) is 17.3. The fraction of sp³-hybridized carbons (Fsp3) is 0.261. The third-order valence-electron chi connectivity index (χ3n) is 4.40. The van der Waals surface area contributed by atoms with Crippen molar-refractivity contribution in [3.63, 3.8) is 0 Å². The molecule has 158 valence electrons. The molecule has 0 saturated carbocycles. The standard InChI is InChI=1S/C23H25ClN2O4/c1-14(22(29)30)25-21(28)19(13-15-5-11-18(24)12-6-15)26-20(27)16-7-9-17(10-8-16)23(2,3)4/h5-14H,1-4H3,(H,25,28)(H,26,27)(H,29,30). The van der Waals surface area contributed by atoms with E-state index >= 15 is 0 Å². The lowest BCUT2D eigenvalue weighted by atomic mass is 9.87. The molecule has 0 aromatic heterocycles. The molecule has 2 rings (SSSR count). The first-order valence-electron chi connectivity index (χ1n) is 9.40. The highest BCUT2D eigenvalue weighted by Gasteiger charge is 2.20. The zero-order chi connectivity index (χ0) is 22.5. The number of nitrogens with one attached hydrogen (secondary N) is 2. The number of rotatable bonds is 6. The Morgan fingerprint density at radius 1 is 1.00 bits per heavy atom. The fourth-order valence-electron chi connectivity index (χ4n) is 2.54. The van der Waals surface area contributed by atoms with Gasteiger partial charge in [0.2, 0.25) is 0 Å². The van der Waals surface area contributed by atoms with Gasteiger partial charge in [-0.15, -0.1) is 0 Å². The summed E-state index contributed by atoms with van der Waals surface area (Å²) in [6.45, 7) is 7.56. The van der Waals surface area contributed by atoms with Gasteiger partial charge in [0.25, 0.3) is 11.8 Å². The van der Waals surface area contributed by atoms with Crippen molar-refractivity contribution in [2.45, 2.75) is 39.2 Å². The Morgan fingerprint density at radius 3 is 2.07 bits per heavy atom. The fourth-order valence-corrected chi connectivity index (χ4v) is 2.66. The highest BCUT2D eigenvalue weighted by Crippen LogP contribution is 2.22. The van der Waals surface area contributed by atoms with Crippen LogP contribution in [0.5, 0.6) is 0 Å². The van der Waals surface area contributed by atoms with Gasteiger partial charge in [-0.1, -0.05) is 56.6 Å². The van der Waals surface area contributed by atoms with Gasteiger partial charge in [-0.05, 0) is 53.8 Å². The van der Waals surface area contributed by atoms with Crippen molar-refractivity contribution in [3.05, 3.63) is 75.9 Å². The second-order valence-corrected chi connectivity index (χ2v) is 8.36. The van der Waals surface area contributed by atoms with Crippen molar-refractivity contribution in [1.82, 2.24) is 10.6 Å². The number of benzene rings is 2. The van der Waals surface area contributed by atoms with Gasteiger partial charge in [0.1, 0.15) is 11.7 Å². The molecule has 0 radical (unpaired) electrons. The van der Waals surface area contributed by atoms with E-state index in [2.05, 4.69) is 31.4 Å². The summed E-state index contributed by atoms with van der Waals surface area (Å²) in [6, 6.07) is 12.6. The number of carboxylic acid groups (broad SMARTS) is 1. The van der Waals surface area contributed by atoms with Crippen LogP contribution in [0, 0.1) is 0 Å². The van der Waals surface area contributed by atoms with Gasteiger partial charge in [0, 0.05) is 10.6 Å². The molecule has 30 heavy (non-hydrogen) atoms. The number of carbonyl (C=O) groups excluding carboxylic acids is 2. The van der Waals surface area contributed by atoms with Crippen molar-refractivity contribution in [2.75, 3.05) is 0 Å². The first-order chi connectivity index (χ1) is 14.0. The monoisotopic (exact) mass is 428 g/mol. The molecule has 2 amide bonds. The highest BCUT2D eigenvalue weighted by molar-refractivity contribution is 6.30. The van der Waals surface area contributed by atoms with Gasteiger partial charge in [-0.3, -0.25) is 14.4 Å². The van der Waals surface area contributed by atoms with Crippen LogP contribution in [0.1, 0.15) is 49.2 Å². The van der Waals surface area contributed by atoms with E-state index in [0.29, 0.717) is 16.1 Å². The summed E-state index contributed by atoms with van der Waals surface area (Å²) in [7, 11) is 0. The Bertz CT molecular complexity index is 958. The summed E-state index contributed by atoms with van der Waals surface area (Å²) < 4.78 is 0. The quantitative estimate of drug-likeness (QED) is 0.606. The molecule has 0 heterocycles. The molecule has 0 aliphatic rings. The van der Waals surface area contributed by atoms with Gasteiger partial charge in [-0.2, -0.15) is 0 Å². The van der Waals surface area contributed by atoms with Gasteiger partial charge in [-0.25, -0.2) is 0 Å². The summed E-state index contributed by atoms with van der Waals surface area (Å²) in [4.78, 5) is 36.4. The predicted molar refractivity (Wildman–Crippen MR) is 117 cm³/mol. The molecule has 0 bridgehead atoms. The van der Waals surface area contributed by atoms with Gasteiger partial charge >= 0.3 is 5.97 Å². The van der Waals surface area contributed by atoms with Crippen LogP contribution in [0.3, 0.4) is 0 Å². The van der Waals surface area contributed by atoms with E-state index in [1.165, 1.54) is 13.0 Å². The molecule has 7 heteroatoms. The second kappa shape index (κ2) is 9.59. The van der Waals surface area contributed by atoms with E-state index < -0.39 is 23.8 Å². The van der Waals surface area contributed by atoms with Crippen molar-refractivity contribution in [1.29, 1.82) is 0 Å². The van der Waals surface area contributed by atoms with Crippen LogP contribution in [0.15, 0.2) is 54.2 Å². The maximum atomic E-state index is 12.7. The molecule has 1 atom stereocenters. The lowest BCUT2D eigenvalue weighted by molar-refractivity contribution is -0.140. The summed E-state index contributed by atoms with van der Waals surface area (Å²) in [5.74, 6) is -2.37. The minimum absolute atomic E-state index is 0.0541. The molecule has 2 aromatic rings. The van der Waals surface area contributed by atoms with Crippen molar-refractivity contribution >= 4 is 35.5 Å². The number of aliphatic carboxylic acids is 1. The highest BCUT2D eigenvalue weighted by atomic mass is 35.5. The van der Waals surface area contributed by atoms with Gasteiger partial charge < -0.3 is 15.7 Å². The topological polar surface area (TPSA) is 95.5 Å². The Morgan fingerprint density at radius 2 is 1.57 bits per heavy atom. The van der Waals surface area contributed by atoms with Crippen LogP contribution in [0.2, 0.25) is 5.02 Å². The van der Waals surface area contributed by atoms with E-state index in [1.54, 1.807) is 36.4 Å². The zero-order valence-corrected chi connectivity index (χ0v) is 18.1.